The van der Waals surface area contributed by atoms with E-state index in [1.54, 1.807) is 10.9 Å². The Morgan fingerprint density at radius 2 is 2.40 bits per heavy atom. The smallest absolute Gasteiger partial charge is 0.325 e. The minimum Gasteiger partial charge on any atom is -0.468 e. The molecular formula is C10H17N3O2. The van der Waals surface area contributed by atoms with Gasteiger partial charge in [0.05, 0.1) is 19.1 Å². The normalized spacial score (nSPS) is 10.7. The summed E-state index contributed by atoms with van der Waals surface area (Å²) in [6.45, 7) is 5.08. The molecule has 84 valence electrons. The summed E-state index contributed by atoms with van der Waals surface area (Å²) in [4.78, 5) is 15.1. The molecule has 1 heterocycles. The summed E-state index contributed by atoms with van der Waals surface area (Å²) in [5, 5.41) is 3.25. The van der Waals surface area contributed by atoms with Gasteiger partial charge in [-0.25, -0.2) is 4.98 Å². The zero-order chi connectivity index (χ0) is 11.3. The van der Waals surface area contributed by atoms with Crippen molar-refractivity contribution >= 4 is 5.97 Å². The van der Waals surface area contributed by atoms with Crippen molar-refractivity contribution in [2.24, 2.45) is 0 Å². The second-order valence-corrected chi connectivity index (χ2v) is 3.65. The number of esters is 1. The summed E-state index contributed by atoms with van der Waals surface area (Å²) in [5.74, 6) is -0.268. The number of nitrogens with zero attached hydrogens (tertiary/aromatic N) is 2. The third-order valence-electron chi connectivity index (χ3n) is 1.92. The third-order valence-corrected chi connectivity index (χ3v) is 1.92. The van der Waals surface area contributed by atoms with Gasteiger partial charge in [-0.1, -0.05) is 13.8 Å². The van der Waals surface area contributed by atoms with E-state index >= 15 is 0 Å². The second kappa shape index (κ2) is 5.50. The number of carbonyl (C=O) groups is 1. The fourth-order valence-corrected chi connectivity index (χ4v) is 1.11. The Balaban J connectivity index is 2.45. The zero-order valence-electron chi connectivity index (χ0n) is 9.36. The van der Waals surface area contributed by atoms with Crippen LogP contribution in [0.3, 0.4) is 0 Å². The highest BCUT2D eigenvalue weighted by molar-refractivity contribution is 5.68. The Kier molecular flexibility index (Phi) is 4.30. The Morgan fingerprint density at radius 1 is 1.67 bits per heavy atom. The number of aromatic nitrogens is 2. The van der Waals surface area contributed by atoms with Gasteiger partial charge in [0.25, 0.3) is 0 Å². The highest BCUT2D eigenvalue weighted by Crippen LogP contribution is 1.97. The van der Waals surface area contributed by atoms with E-state index in [-0.39, 0.29) is 12.5 Å². The first-order valence-corrected chi connectivity index (χ1v) is 4.92. The first-order valence-electron chi connectivity index (χ1n) is 4.92. The van der Waals surface area contributed by atoms with Crippen LogP contribution < -0.4 is 5.32 Å². The van der Waals surface area contributed by atoms with Crippen molar-refractivity contribution in [3.8, 4) is 0 Å². The topological polar surface area (TPSA) is 56.2 Å². The van der Waals surface area contributed by atoms with E-state index in [0.717, 1.165) is 5.69 Å². The lowest BCUT2D eigenvalue weighted by atomic mass is 10.3. The Hall–Kier alpha value is -1.36. The molecule has 5 heteroatoms. The molecule has 0 bridgehead atoms. The molecule has 0 saturated carbocycles. The maximum absolute atomic E-state index is 11.0. The van der Waals surface area contributed by atoms with E-state index in [1.165, 1.54) is 7.11 Å². The van der Waals surface area contributed by atoms with Crippen molar-refractivity contribution in [3.63, 3.8) is 0 Å². The van der Waals surface area contributed by atoms with E-state index < -0.39 is 0 Å². The number of methoxy groups -OCH3 is 1. The van der Waals surface area contributed by atoms with Gasteiger partial charge in [-0.15, -0.1) is 0 Å². The van der Waals surface area contributed by atoms with Crippen molar-refractivity contribution in [1.82, 2.24) is 14.9 Å². The summed E-state index contributed by atoms with van der Waals surface area (Å²) in [6, 6.07) is 0.427. The van der Waals surface area contributed by atoms with E-state index in [2.05, 4.69) is 28.9 Å². The van der Waals surface area contributed by atoms with E-state index in [4.69, 9.17) is 0 Å². The van der Waals surface area contributed by atoms with Crippen LogP contribution in [0.5, 0.6) is 0 Å². The maximum Gasteiger partial charge on any atom is 0.325 e. The fraction of sp³-hybridized carbons (Fsp3) is 0.600. The van der Waals surface area contributed by atoms with Crippen LogP contribution in [0, 0.1) is 0 Å². The van der Waals surface area contributed by atoms with Crippen LogP contribution in [0.15, 0.2) is 12.5 Å². The van der Waals surface area contributed by atoms with Crippen molar-refractivity contribution in [2.45, 2.75) is 33.0 Å². The largest absolute Gasteiger partial charge is 0.468 e. The van der Waals surface area contributed by atoms with Crippen LogP contribution in [0.2, 0.25) is 0 Å². The maximum atomic E-state index is 11.0. The number of carbonyl (C=O) groups excluding carboxylic acids is 1. The number of ether oxygens (including phenoxy) is 1. The molecule has 0 saturated heterocycles. The zero-order valence-corrected chi connectivity index (χ0v) is 9.36. The summed E-state index contributed by atoms with van der Waals surface area (Å²) in [7, 11) is 1.38. The Bertz CT molecular complexity index is 320. The second-order valence-electron chi connectivity index (χ2n) is 3.65. The molecule has 0 atom stereocenters. The number of hydrogen-bond acceptors (Lipinski definition) is 4. The minimum absolute atomic E-state index is 0.213. The number of imidazole rings is 1. The van der Waals surface area contributed by atoms with Crippen LogP contribution in [-0.2, 0) is 22.6 Å². The molecular weight excluding hydrogens is 194 g/mol. The Labute approximate surface area is 89.4 Å². The highest BCUT2D eigenvalue weighted by Gasteiger charge is 2.04. The fourth-order valence-electron chi connectivity index (χ4n) is 1.11. The van der Waals surface area contributed by atoms with Gasteiger partial charge in [-0.2, -0.15) is 0 Å². The van der Waals surface area contributed by atoms with Crippen molar-refractivity contribution in [3.05, 3.63) is 18.2 Å². The molecule has 1 aromatic heterocycles. The number of nitrogens with one attached hydrogen (secondary N) is 1. The molecule has 15 heavy (non-hydrogen) atoms. The molecule has 1 N–H and O–H groups in total. The molecule has 0 spiro atoms. The lowest BCUT2D eigenvalue weighted by Gasteiger charge is -2.04. The summed E-state index contributed by atoms with van der Waals surface area (Å²) >= 11 is 0. The quantitative estimate of drug-likeness (QED) is 0.723. The molecule has 0 amide bonds. The van der Waals surface area contributed by atoms with Gasteiger partial charge >= 0.3 is 5.97 Å². The van der Waals surface area contributed by atoms with Gasteiger partial charge in [-0.3, -0.25) is 4.79 Å². The Morgan fingerprint density at radius 3 is 3.00 bits per heavy atom. The van der Waals surface area contributed by atoms with E-state index in [1.807, 2.05) is 6.20 Å². The molecule has 0 aliphatic heterocycles. The minimum atomic E-state index is -0.268. The average molecular weight is 211 g/mol. The average Bonchev–Trinajstić information content (AvgIpc) is 2.62. The molecule has 0 radical (unpaired) electrons. The molecule has 0 aliphatic carbocycles. The van der Waals surface area contributed by atoms with Gasteiger partial charge in [-0.05, 0) is 0 Å². The summed E-state index contributed by atoms with van der Waals surface area (Å²) in [6.07, 6.45) is 3.47. The van der Waals surface area contributed by atoms with Crippen LogP contribution in [-0.4, -0.2) is 28.7 Å². The lowest BCUT2D eigenvalue weighted by Crippen LogP contribution is -2.21. The molecule has 1 rings (SSSR count). The van der Waals surface area contributed by atoms with Crippen molar-refractivity contribution in [1.29, 1.82) is 0 Å². The lowest BCUT2D eigenvalue weighted by molar-refractivity contribution is -0.141. The first kappa shape index (κ1) is 11.7. The highest BCUT2D eigenvalue weighted by atomic mass is 16.5. The van der Waals surface area contributed by atoms with Crippen molar-refractivity contribution in [2.75, 3.05) is 7.11 Å². The predicted octanol–water partition coefficient (Wildman–Crippen LogP) is 0.554. The van der Waals surface area contributed by atoms with Crippen LogP contribution in [0.1, 0.15) is 19.5 Å². The van der Waals surface area contributed by atoms with Crippen LogP contribution in [0.25, 0.3) is 0 Å². The third kappa shape index (κ3) is 4.12. The summed E-state index contributed by atoms with van der Waals surface area (Å²) < 4.78 is 6.27. The molecule has 1 aromatic rings. The summed E-state index contributed by atoms with van der Waals surface area (Å²) in [5.41, 5.74) is 0.924. The molecule has 0 unspecified atom stereocenters. The monoisotopic (exact) mass is 211 g/mol. The molecule has 0 aliphatic rings. The first-order chi connectivity index (χ1) is 7.11. The van der Waals surface area contributed by atoms with Gasteiger partial charge in [0.15, 0.2) is 0 Å². The van der Waals surface area contributed by atoms with Gasteiger partial charge in [0, 0.05) is 18.8 Å². The van der Waals surface area contributed by atoms with E-state index in [9.17, 15) is 4.79 Å². The molecule has 0 fully saturated rings. The van der Waals surface area contributed by atoms with Crippen LogP contribution >= 0.6 is 0 Å². The van der Waals surface area contributed by atoms with E-state index in [0.29, 0.717) is 12.6 Å². The van der Waals surface area contributed by atoms with Gasteiger partial charge in [0.1, 0.15) is 6.54 Å². The standard InChI is InChI=1S/C10H17N3O2/c1-8(2)11-4-9-5-13(7-12-9)6-10(14)15-3/h5,7-8,11H,4,6H2,1-3H3. The van der Waals surface area contributed by atoms with Crippen molar-refractivity contribution < 1.29 is 9.53 Å². The molecule has 0 aromatic carbocycles. The number of hydrogen-bond donors (Lipinski definition) is 1. The SMILES string of the molecule is COC(=O)Cn1cnc(CNC(C)C)c1. The van der Waals surface area contributed by atoms with Gasteiger partial charge in [0.2, 0.25) is 0 Å². The van der Waals surface area contributed by atoms with Crippen LogP contribution in [0.4, 0.5) is 0 Å². The predicted molar refractivity (Wildman–Crippen MR) is 56.2 cm³/mol. The van der Waals surface area contributed by atoms with Gasteiger partial charge < -0.3 is 14.6 Å². The number of rotatable bonds is 5. The molecule has 5 nitrogen and oxygen atoms in total.